The monoisotopic (exact) mass is 217 g/mol. The van der Waals surface area contributed by atoms with Gasteiger partial charge in [0.1, 0.15) is 11.4 Å². The van der Waals surface area contributed by atoms with Gasteiger partial charge < -0.3 is 10.5 Å². The molecule has 1 saturated carbocycles. The number of fused-ring (bicyclic) bond motifs is 1. The number of para-hydroxylation sites is 1. The zero-order valence-corrected chi connectivity index (χ0v) is 9.61. The highest BCUT2D eigenvalue weighted by Gasteiger charge is 2.49. The number of hydrogen-bond acceptors (Lipinski definition) is 2. The van der Waals surface area contributed by atoms with E-state index >= 15 is 0 Å². The van der Waals surface area contributed by atoms with Gasteiger partial charge >= 0.3 is 0 Å². The first kappa shape index (κ1) is 10.2. The summed E-state index contributed by atoms with van der Waals surface area (Å²) in [5.74, 6) is 1.62. The van der Waals surface area contributed by atoms with Crippen LogP contribution in [-0.2, 0) is 0 Å². The second-order valence-corrected chi connectivity index (χ2v) is 5.04. The molecular formula is C14H19NO. The lowest BCUT2D eigenvalue weighted by Gasteiger charge is -2.30. The smallest absolute Gasteiger partial charge is 0.123 e. The quantitative estimate of drug-likeness (QED) is 0.826. The van der Waals surface area contributed by atoms with Gasteiger partial charge in [-0.05, 0) is 44.7 Å². The molecule has 0 radical (unpaired) electrons. The molecule has 1 aliphatic heterocycles. The van der Waals surface area contributed by atoms with Crippen LogP contribution in [0.5, 0.6) is 5.75 Å². The van der Waals surface area contributed by atoms with Crippen molar-refractivity contribution in [1.29, 1.82) is 0 Å². The minimum atomic E-state index is 0.0864. The molecule has 1 atom stereocenters. The highest BCUT2D eigenvalue weighted by molar-refractivity contribution is 5.43. The van der Waals surface area contributed by atoms with Gasteiger partial charge in [0.05, 0.1) is 0 Å². The van der Waals surface area contributed by atoms with Crippen LogP contribution < -0.4 is 10.5 Å². The van der Waals surface area contributed by atoms with Gasteiger partial charge in [0, 0.05) is 11.5 Å². The highest BCUT2D eigenvalue weighted by atomic mass is 16.5. The summed E-state index contributed by atoms with van der Waals surface area (Å²) in [6, 6.07) is 8.49. The minimum Gasteiger partial charge on any atom is -0.486 e. The predicted molar refractivity (Wildman–Crippen MR) is 64.7 cm³/mol. The van der Waals surface area contributed by atoms with Crippen LogP contribution >= 0.6 is 0 Å². The van der Waals surface area contributed by atoms with Crippen molar-refractivity contribution in [3.8, 4) is 5.75 Å². The zero-order chi connectivity index (χ0) is 11.0. The third kappa shape index (κ3) is 1.36. The van der Waals surface area contributed by atoms with E-state index in [9.17, 15) is 0 Å². The van der Waals surface area contributed by atoms with E-state index in [1.54, 1.807) is 0 Å². The molecule has 1 heterocycles. The molecule has 0 aromatic heterocycles. The van der Waals surface area contributed by atoms with E-state index in [2.05, 4.69) is 24.3 Å². The van der Waals surface area contributed by atoms with Gasteiger partial charge in [0.25, 0.3) is 0 Å². The maximum atomic E-state index is 6.26. The summed E-state index contributed by atoms with van der Waals surface area (Å²) < 4.78 is 6.26. The lowest BCUT2D eigenvalue weighted by atomic mass is 9.81. The Morgan fingerprint density at radius 3 is 2.75 bits per heavy atom. The lowest BCUT2D eigenvalue weighted by Crippen LogP contribution is -2.35. The van der Waals surface area contributed by atoms with Crippen molar-refractivity contribution in [1.82, 2.24) is 0 Å². The standard InChI is InChI=1S/C14H19NO/c15-10-7-12-11-5-1-2-6-13(11)16-14(12)8-3-4-9-14/h1-2,5-6,12H,3-4,7-10,15H2. The Bertz CT molecular complexity index is 382. The van der Waals surface area contributed by atoms with Crippen LogP contribution in [0.3, 0.4) is 0 Å². The summed E-state index contributed by atoms with van der Waals surface area (Å²) in [6.45, 7) is 0.754. The summed E-state index contributed by atoms with van der Waals surface area (Å²) >= 11 is 0. The Hall–Kier alpha value is -1.02. The van der Waals surface area contributed by atoms with Crippen LogP contribution in [0.1, 0.15) is 43.6 Å². The Kier molecular flexibility index (Phi) is 2.40. The van der Waals surface area contributed by atoms with Crippen molar-refractivity contribution in [3.63, 3.8) is 0 Å². The fraction of sp³-hybridized carbons (Fsp3) is 0.571. The molecule has 1 aliphatic carbocycles. The van der Waals surface area contributed by atoms with E-state index in [0.717, 1.165) is 18.7 Å². The molecular weight excluding hydrogens is 198 g/mol. The summed E-state index contributed by atoms with van der Waals surface area (Å²) in [7, 11) is 0. The molecule has 1 aromatic carbocycles. The Morgan fingerprint density at radius 1 is 1.25 bits per heavy atom. The zero-order valence-electron chi connectivity index (χ0n) is 9.61. The first-order chi connectivity index (χ1) is 7.86. The summed E-state index contributed by atoms with van der Waals surface area (Å²) in [5.41, 5.74) is 7.23. The van der Waals surface area contributed by atoms with E-state index in [1.165, 1.54) is 31.2 Å². The van der Waals surface area contributed by atoms with Crippen molar-refractivity contribution in [2.45, 2.75) is 43.6 Å². The van der Waals surface area contributed by atoms with E-state index in [-0.39, 0.29) is 5.60 Å². The van der Waals surface area contributed by atoms with Crippen molar-refractivity contribution in [2.24, 2.45) is 5.73 Å². The maximum Gasteiger partial charge on any atom is 0.123 e. The van der Waals surface area contributed by atoms with E-state index in [1.807, 2.05) is 0 Å². The van der Waals surface area contributed by atoms with Crippen LogP contribution in [0.4, 0.5) is 0 Å². The van der Waals surface area contributed by atoms with E-state index in [4.69, 9.17) is 10.5 Å². The van der Waals surface area contributed by atoms with Gasteiger partial charge in [0.2, 0.25) is 0 Å². The highest BCUT2D eigenvalue weighted by Crippen LogP contribution is 2.53. The van der Waals surface area contributed by atoms with Crippen molar-refractivity contribution in [3.05, 3.63) is 29.8 Å². The lowest BCUT2D eigenvalue weighted by molar-refractivity contribution is 0.0732. The number of rotatable bonds is 2. The molecule has 16 heavy (non-hydrogen) atoms. The van der Waals surface area contributed by atoms with Gasteiger partial charge in [-0.2, -0.15) is 0 Å². The molecule has 1 fully saturated rings. The number of hydrogen-bond donors (Lipinski definition) is 1. The molecule has 2 heteroatoms. The van der Waals surface area contributed by atoms with Crippen molar-refractivity contribution in [2.75, 3.05) is 6.54 Å². The average molecular weight is 217 g/mol. The van der Waals surface area contributed by atoms with Crippen LogP contribution in [0, 0.1) is 0 Å². The van der Waals surface area contributed by atoms with Gasteiger partial charge in [-0.25, -0.2) is 0 Å². The molecule has 0 saturated heterocycles. The van der Waals surface area contributed by atoms with Gasteiger partial charge in [-0.3, -0.25) is 0 Å². The van der Waals surface area contributed by atoms with Gasteiger partial charge in [-0.1, -0.05) is 18.2 Å². The third-order valence-corrected chi connectivity index (χ3v) is 4.15. The third-order valence-electron chi connectivity index (χ3n) is 4.15. The topological polar surface area (TPSA) is 35.2 Å². The molecule has 0 amide bonds. The summed E-state index contributed by atoms with van der Waals surface area (Å²) in [6.07, 6.45) is 6.06. The molecule has 1 aromatic rings. The Morgan fingerprint density at radius 2 is 2.00 bits per heavy atom. The first-order valence-electron chi connectivity index (χ1n) is 6.34. The van der Waals surface area contributed by atoms with Gasteiger partial charge in [-0.15, -0.1) is 0 Å². The molecule has 1 spiro atoms. The largest absolute Gasteiger partial charge is 0.486 e. The summed E-state index contributed by atoms with van der Waals surface area (Å²) in [4.78, 5) is 0. The number of ether oxygens (including phenoxy) is 1. The number of benzene rings is 1. The van der Waals surface area contributed by atoms with E-state index in [0.29, 0.717) is 5.92 Å². The molecule has 3 rings (SSSR count). The minimum absolute atomic E-state index is 0.0864. The average Bonchev–Trinajstić information content (AvgIpc) is 2.87. The molecule has 2 nitrogen and oxygen atoms in total. The molecule has 1 unspecified atom stereocenters. The Labute approximate surface area is 96.8 Å². The van der Waals surface area contributed by atoms with E-state index < -0.39 is 0 Å². The van der Waals surface area contributed by atoms with Crippen molar-refractivity contribution >= 4 is 0 Å². The van der Waals surface area contributed by atoms with Crippen LogP contribution in [0.2, 0.25) is 0 Å². The number of nitrogens with two attached hydrogens (primary N) is 1. The molecule has 2 aliphatic rings. The summed E-state index contributed by atoms with van der Waals surface area (Å²) in [5, 5.41) is 0. The van der Waals surface area contributed by atoms with Gasteiger partial charge in [0.15, 0.2) is 0 Å². The predicted octanol–water partition coefficient (Wildman–Crippen LogP) is 2.82. The first-order valence-corrected chi connectivity index (χ1v) is 6.34. The van der Waals surface area contributed by atoms with Crippen molar-refractivity contribution < 1.29 is 4.74 Å². The molecule has 0 bridgehead atoms. The maximum absolute atomic E-state index is 6.26. The fourth-order valence-corrected chi connectivity index (χ4v) is 3.44. The van der Waals surface area contributed by atoms with Crippen LogP contribution in [0.15, 0.2) is 24.3 Å². The van der Waals surface area contributed by atoms with Crippen LogP contribution in [0.25, 0.3) is 0 Å². The fourth-order valence-electron chi connectivity index (χ4n) is 3.44. The Balaban J connectivity index is 2.00. The molecule has 2 N–H and O–H groups in total. The second-order valence-electron chi connectivity index (χ2n) is 5.04. The SMILES string of the molecule is NCCC1c2ccccc2OC12CCCC2. The second kappa shape index (κ2) is 3.77. The molecule has 86 valence electrons. The van der Waals surface area contributed by atoms with Crippen LogP contribution in [-0.4, -0.2) is 12.1 Å². The normalized spacial score (nSPS) is 25.7.